The third kappa shape index (κ3) is 4.01. The highest BCUT2D eigenvalue weighted by Gasteiger charge is 2.22. The number of carbonyl (C=O) groups is 1. The molecule has 0 aliphatic carbocycles. The van der Waals surface area contributed by atoms with Gasteiger partial charge >= 0.3 is 0 Å². The van der Waals surface area contributed by atoms with E-state index < -0.39 is 41.2 Å². The lowest BCUT2D eigenvalue weighted by molar-refractivity contribution is 0.0988. The van der Waals surface area contributed by atoms with Crippen LogP contribution in [0.3, 0.4) is 0 Å². The molecule has 0 unspecified atom stereocenters. The van der Waals surface area contributed by atoms with E-state index in [1.807, 2.05) is 0 Å². The number of hydrogen-bond acceptors (Lipinski definition) is 3. The van der Waals surface area contributed by atoms with Gasteiger partial charge in [-0.05, 0) is 48.7 Å². The molecule has 0 amide bonds. The molecule has 30 heavy (non-hydrogen) atoms. The van der Waals surface area contributed by atoms with E-state index >= 15 is 0 Å². The molecule has 0 spiro atoms. The highest BCUT2D eigenvalue weighted by atomic mass is 19.2. The van der Waals surface area contributed by atoms with E-state index in [2.05, 4.69) is 0 Å². The van der Waals surface area contributed by atoms with Gasteiger partial charge in [0.25, 0.3) is 0 Å². The minimum absolute atomic E-state index is 0.151. The van der Waals surface area contributed by atoms with Crippen molar-refractivity contribution in [3.63, 3.8) is 0 Å². The number of ether oxygens (including phenoxy) is 1. The van der Waals surface area contributed by atoms with E-state index in [0.29, 0.717) is 5.56 Å². The van der Waals surface area contributed by atoms with E-state index in [4.69, 9.17) is 4.74 Å². The van der Waals surface area contributed by atoms with Crippen molar-refractivity contribution in [2.75, 3.05) is 6.61 Å². The van der Waals surface area contributed by atoms with Crippen molar-refractivity contribution in [3.05, 3.63) is 82.4 Å². The zero-order chi connectivity index (χ0) is 22.0. The highest BCUT2D eigenvalue weighted by molar-refractivity contribution is 6.00. The number of ketones is 1. The van der Waals surface area contributed by atoms with Crippen LogP contribution in [0, 0.1) is 30.2 Å². The first-order valence-corrected chi connectivity index (χ1v) is 9.15. The molecule has 156 valence electrons. The number of rotatable bonds is 6. The summed E-state index contributed by atoms with van der Waals surface area (Å²) in [5.74, 6) is -6.11. The second-order valence-corrected chi connectivity index (χ2v) is 6.67. The molecule has 0 aliphatic heterocycles. The van der Waals surface area contributed by atoms with E-state index in [1.165, 1.54) is 30.3 Å². The van der Waals surface area contributed by atoms with Gasteiger partial charge in [0.1, 0.15) is 5.82 Å². The summed E-state index contributed by atoms with van der Waals surface area (Å²) in [5.41, 5.74) is -0.289. The first kappa shape index (κ1) is 21.4. The maximum atomic E-state index is 14.6. The third-order valence-corrected chi connectivity index (χ3v) is 4.68. The van der Waals surface area contributed by atoms with Crippen molar-refractivity contribution >= 4 is 5.78 Å². The predicted molar refractivity (Wildman–Crippen MR) is 104 cm³/mol. The van der Waals surface area contributed by atoms with Crippen molar-refractivity contribution in [3.8, 4) is 22.6 Å². The number of phenols is 1. The Hall–Kier alpha value is -3.35. The Morgan fingerprint density at radius 3 is 2.37 bits per heavy atom. The Morgan fingerprint density at radius 1 is 0.967 bits per heavy atom. The lowest BCUT2D eigenvalue weighted by Gasteiger charge is -2.11. The Labute approximate surface area is 170 Å². The van der Waals surface area contributed by atoms with Gasteiger partial charge in [0.15, 0.2) is 28.9 Å². The largest absolute Gasteiger partial charge is 0.504 e. The van der Waals surface area contributed by atoms with E-state index in [1.54, 1.807) is 13.8 Å². The topological polar surface area (TPSA) is 46.5 Å². The fourth-order valence-corrected chi connectivity index (χ4v) is 3.02. The van der Waals surface area contributed by atoms with Gasteiger partial charge in [-0.25, -0.2) is 13.2 Å². The van der Waals surface area contributed by atoms with Gasteiger partial charge in [-0.2, -0.15) is 4.39 Å². The molecule has 0 radical (unpaired) electrons. The van der Waals surface area contributed by atoms with Crippen LogP contribution in [0.4, 0.5) is 17.6 Å². The summed E-state index contributed by atoms with van der Waals surface area (Å²) < 4.78 is 62.0. The summed E-state index contributed by atoms with van der Waals surface area (Å²) in [6.45, 7) is 3.33. The predicted octanol–water partition coefficient (Wildman–Crippen LogP) is 5.75. The first-order valence-electron chi connectivity index (χ1n) is 9.15. The van der Waals surface area contributed by atoms with Crippen LogP contribution in [-0.4, -0.2) is 17.5 Å². The fourth-order valence-electron chi connectivity index (χ4n) is 3.02. The van der Waals surface area contributed by atoms with Crippen LogP contribution in [0.1, 0.15) is 28.4 Å². The summed E-state index contributed by atoms with van der Waals surface area (Å²) in [6, 6.07) is 8.78. The molecule has 0 atom stereocenters. The van der Waals surface area contributed by atoms with Gasteiger partial charge in [-0.15, -0.1) is 0 Å². The number of aromatic hydroxyl groups is 1. The number of phenolic OH excluding ortho intramolecular Hbond substituents is 1. The zero-order valence-electron chi connectivity index (χ0n) is 16.2. The molecule has 0 aromatic heterocycles. The minimum Gasteiger partial charge on any atom is -0.504 e. The van der Waals surface area contributed by atoms with Crippen LogP contribution in [0.15, 0.2) is 42.5 Å². The van der Waals surface area contributed by atoms with Crippen LogP contribution < -0.4 is 4.74 Å². The number of Topliss-reactive ketones (excluding diaryl/α,β-unsaturated/α-hetero) is 1. The normalized spacial score (nSPS) is 10.9. The molecule has 7 heteroatoms. The minimum atomic E-state index is -1.27. The van der Waals surface area contributed by atoms with E-state index in [9.17, 15) is 27.5 Å². The Kier molecular flexibility index (Phi) is 6.10. The number of carbonyl (C=O) groups excluding carboxylic acids is 1. The van der Waals surface area contributed by atoms with Crippen molar-refractivity contribution in [2.45, 2.75) is 20.3 Å². The van der Waals surface area contributed by atoms with Crippen LogP contribution >= 0.6 is 0 Å². The second-order valence-electron chi connectivity index (χ2n) is 6.67. The first-order chi connectivity index (χ1) is 14.2. The van der Waals surface area contributed by atoms with Gasteiger partial charge in [-0.1, -0.05) is 24.3 Å². The molecule has 0 aliphatic rings. The van der Waals surface area contributed by atoms with Gasteiger partial charge in [0, 0.05) is 12.0 Å². The Balaban J connectivity index is 1.91. The van der Waals surface area contributed by atoms with Gasteiger partial charge in [-0.3, -0.25) is 4.79 Å². The molecule has 3 aromatic carbocycles. The number of halogens is 4. The second kappa shape index (κ2) is 8.57. The molecule has 1 N–H and O–H groups in total. The summed E-state index contributed by atoms with van der Waals surface area (Å²) in [6.07, 6.45) is -0.605. The average Bonchev–Trinajstić information content (AvgIpc) is 2.71. The lowest BCUT2D eigenvalue weighted by Crippen LogP contribution is -2.08. The highest BCUT2D eigenvalue weighted by Crippen LogP contribution is 2.32. The molecule has 0 saturated carbocycles. The summed E-state index contributed by atoms with van der Waals surface area (Å²) >= 11 is 0. The van der Waals surface area contributed by atoms with Gasteiger partial charge in [0.05, 0.1) is 12.2 Å². The van der Waals surface area contributed by atoms with Crippen molar-refractivity contribution < 1.29 is 32.2 Å². The maximum absolute atomic E-state index is 14.6. The number of benzene rings is 3. The van der Waals surface area contributed by atoms with Gasteiger partial charge in [0.2, 0.25) is 5.82 Å². The van der Waals surface area contributed by atoms with Crippen LogP contribution in [0.2, 0.25) is 0 Å². The molecule has 0 fully saturated rings. The van der Waals surface area contributed by atoms with Crippen LogP contribution in [-0.2, 0) is 6.42 Å². The molecule has 0 saturated heterocycles. The van der Waals surface area contributed by atoms with Gasteiger partial charge < -0.3 is 9.84 Å². The van der Waals surface area contributed by atoms with Crippen molar-refractivity contribution in [2.24, 2.45) is 0 Å². The summed E-state index contributed by atoms with van der Waals surface area (Å²) in [4.78, 5) is 12.5. The standard InChI is InChI=1S/C23H18F4O3/c1-3-30-19-9-8-16(23(29)22(19)27)18(28)11-14-6-7-15(21(26)20(14)25)13-5-4-12(2)17(24)10-13/h4-10,29H,3,11H2,1-2H3. The van der Waals surface area contributed by atoms with Crippen LogP contribution in [0.25, 0.3) is 11.1 Å². The average molecular weight is 418 g/mol. The Morgan fingerprint density at radius 2 is 1.70 bits per heavy atom. The molecular weight excluding hydrogens is 400 g/mol. The lowest BCUT2D eigenvalue weighted by atomic mass is 9.97. The smallest absolute Gasteiger partial charge is 0.207 e. The maximum Gasteiger partial charge on any atom is 0.207 e. The molecule has 3 aromatic rings. The summed E-state index contributed by atoms with van der Waals surface area (Å²) in [7, 11) is 0. The fraction of sp³-hybridized carbons (Fsp3) is 0.174. The van der Waals surface area contributed by atoms with E-state index in [-0.39, 0.29) is 34.6 Å². The number of hydrogen-bond donors (Lipinski definition) is 1. The molecule has 0 heterocycles. The molecule has 3 rings (SSSR count). The van der Waals surface area contributed by atoms with Crippen molar-refractivity contribution in [1.82, 2.24) is 0 Å². The summed E-state index contributed by atoms with van der Waals surface area (Å²) in [5, 5.41) is 9.94. The number of aryl methyl sites for hydroxylation is 1. The third-order valence-electron chi connectivity index (χ3n) is 4.68. The molecular formula is C23H18F4O3. The quantitative estimate of drug-likeness (QED) is 0.410. The van der Waals surface area contributed by atoms with E-state index in [0.717, 1.165) is 12.1 Å². The zero-order valence-corrected chi connectivity index (χ0v) is 16.2. The Bertz CT molecular complexity index is 1130. The van der Waals surface area contributed by atoms with Crippen LogP contribution in [0.5, 0.6) is 11.5 Å². The monoisotopic (exact) mass is 418 g/mol. The van der Waals surface area contributed by atoms with Crippen molar-refractivity contribution in [1.29, 1.82) is 0 Å². The molecule has 0 bridgehead atoms. The SMILES string of the molecule is CCOc1ccc(C(=O)Cc2ccc(-c3ccc(C)c(F)c3)c(F)c2F)c(O)c1F. The molecule has 3 nitrogen and oxygen atoms in total.